The van der Waals surface area contributed by atoms with Crippen LogP contribution < -0.4 is 4.90 Å². The van der Waals surface area contributed by atoms with Crippen molar-refractivity contribution < 1.29 is 43.3 Å². The van der Waals surface area contributed by atoms with Crippen molar-refractivity contribution in [1.29, 1.82) is 0 Å². The SMILES string of the molecule is O=P(O)(O)CP(=O)(O)OC[C@H]1O[C@@H](n2cnc3c(N4CCCCCCCCc5ccccc54)nc(Cl)nc32)C(O)C1O. The van der Waals surface area contributed by atoms with Crippen LogP contribution in [0.2, 0.25) is 5.28 Å². The Labute approximate surface area is 247 Å². The molecule has 5 N–H and O–H groups in total. The van der Waals surface area contributed by atoms with Crippen LogP contribution in [0.5, 0.6) is 0 Å². The highest BCUT2D eigenvalue weighted by Crippen LogP contribution is 2.55. The average molecular weight is 646 g/mol. The maximum Gasteiger partial charge on any atom is 0.340 e. The van der Waals surface area contributed by atoms with E-state index in [1.807, 2.05) is 18.2 Å². The molecule has 0 spiro atoms. The van der Waals surface area contributed by atoms with Gasteiger partial charge >= 0.3 is 15.2 Å². The van der Waals surface area contributed by atoms with Crippen molar-refractivity contribution in [3.05, 3.63) is 41.4 Å². The molecule has 17 heteroatoms. The number of aromatic nitrogens is 4. The van der Waals surface area contributed by atoms with Gasteiger partial charge in [0.15, 0.2) is 29.1 Å². The molecule has 3 aromatic rings. The molecule has 14 nitrogen and oxygen atoms in total. The van der Waals surface area contributed by atoms with E-state index in [9.17, 15) is 24.2 Å². The van der Waals surface area contributed by atoms with E-state index in [0.29, 0.717) is 17.9 Å². The minimum atomic E-state index is -4.84. The summed E-state index contributed by atoms with van der Waals surface area (Å²) in [6.45, 7) is -0.0382. The fourth-order valence-corrected chi connectivity index (χ4v) is 8.16. The third-order valence-corrected chi connectivity index (χ3v) is 11.0. The summed E-state index contributed by atoms with van der Waals surface area (Å²) in [7, 11) is -9.54. The summed E-state index contributed by atoms with van der Waals surface area (Å²) in [6, 6.07) is 8.14. The predicted molar refractivity (Wildman–Crippen MR) is 154 cm³/mol. The molecule has 0 radical (unpaired) electrons. The molecule has 42 heavy (non-hydrogen) atoms. The first-order chi connectivity index (χ1) is 19.9. The number of fused-ring (bicyclic) bond motifs is 2. The van der Waals surface area contributed by atoms with E-state index < -0.39 is 52.2 Å². The van der Waals surface area contributed by atoms with Gasteiger partial charge in [0.2, 0.25) is 5.28 Å². The molecule has 4 heterocycles. The maximum atomic E-state index is 12.1. The van der Waals surface area contributed by atoms with E-state index in [2.05, 4.69) is 25.9 Å². The van der Waals surface area contributed by atoms with Crippen LogP contribution in [0.15, 0.2) is 30.6 Å². The Hall–Kier alpha value is -1.96. The van der Waals surface area contributed by atoms with Crippen molar-refractivity contribution >= 4 is 49.5 Å². The molecular weight excluding hydrogens is 612 g/mol. The summed E-state index contributed by atoms with van der Waals surface area (Å²) in [6.07, 6.45) is 3.27. The predicted octanol–water partition coefficient (Wildman–Crippen LogP) is 3.47. The molecule has 0 amide bonds. The molecule has 0 bridgehead atoms. The van der Waals surface area contributed by atoms with Gasteiger partial charge in [0.1, 0.15) is 18.3 Å². The lowest BCUT2D eigenvalue weighted by Gasteiger charge is -2.26. The third-order valence-electron chi connectivity index (χ3n) is 7.41. The van der Waals surface area contributed by atoms with Gasteiger partial charge in [-0.25, -0.2) is 4.98 Å². The number of ether oxygens (including phenoxy) is 1. The van der Waals surface area contributed by atoms with Crippen molar-refractivity contribution in [3.8, 4) is 0 Å². The Morgan fingerprint density at radius 1 is 1.00 bits per heavy atom. The first-order valence-electron chi connectivity index (χ1n) is 13.7. The number of aryl methyl sites for hydroxylation is 1. The van der Waals surface area contributed by atoms with Crippen LogP contribution in [-0.4, -0.2) is 81.8 Å². The van der Waals surface area contributed by atoms with Crippen LogP contribution in [0.3, 0.4) is 0 Å². The summed E-state index contributed by atoms with van der Waals surface area (Å²) < 4.78 is 35.2. The zero-order chi connectivity index (χ0) is 30.1. The van der Waals surface area contributed by atoms with Crippen molar-refractivity contribution in [3.63, 3.8) is 0 Å². The average Bonchev–Trinajstić information content (AvgIpc) is 3.44. The molecular formula is C25H34ClN5O9P2. The quantitative estimate of drug-likeness (QED) is 0.185. The number of anilines is 2. The van der Waals surface area contributed by atoms with E-state index in [1.165, 1.54) is 29.3 Å². The molecule has 1 aromatic carbocycles. The smallest absolute Gasteiger partial charge is 0.340 e. The standard InChI is InChI=1S/C25H34ClN5O9P2/c26-25-28-22(30-12-8-4-2-1-3-5-9-16-10-6-7-11-17(16)30)19-23(29-25)31(14-27-19)24-21(33)20(32)18(40-24)13-39-42(37,38)15-41(34,35)36/h6-7,10-11,14,18,20-21,24,32-33H,1-5,8-9,12-13,15H2,(H,37,38)(H2,34,35,36)/t18-,20?,21?,24-/m1/s1. The number of para-hydroxylation sites is 1. The van der Waals surface area contributed by atoms with E-state index in [4.69, 9.17) is 30.6 Å². The molecule has 230 valence electrons. The summed E-state index contributed by atoms with van der Waals surface area (Å²) in [5.74, 6) is -0.902. The number of rotatable bonds is 7. The van der Waals surface area contributed by atoms with Crippen LogP contribution in [-0.2, 0) is 24.8 Å². The molecule has 5 rings (SSSR count). The number of imidazole rings is 1. The summed E-state index contributed by atoms with van der Waals surface area (Å²) in [5.41, 5.74) is 2.82. The summed E-state index contributed by atoms with van der Waals surface area (Å²) in [4.78, 5) is 43.3. The Morgan fingerprint density at radius 2 is 1.71 bits per heavy atom. The number of nitrogens with zero attached hydrogens (tertiary/aromatic N) is 5. The normalized spacial score (nSPS) is 25.6. The Balaban J connectivity index is 1.46. The zero-order valence-corrected chi connectivity index (χ0v) is 25.2. The number of aliphatic hydroxyl groups is 2. The molecule has 1 saturated heterocycles. The van der Waals surface area contributed by atoms with Gasteiger partial charge in [0, 0.05) is 12.2 Å². The first kappa shape index (κ1) is 31.5. The molecule has 3 unspecified atom stereocenters. The van der Waals surface area contributed by atoms with Crippen LogP contribution >= 0.6 is 26.8 Å². The summed E-state index contributed by atoms with van der Waals surface area (Å²) >= 11 is 6.42. The molecule has 0 saturated carbocycles. The van der Waals surface area contributed by atoms with Crippen molar-refractivity contribution in [2.24, 2.45) is 0 Å². The number of hydrogen-bond donors (Lipinski definition) is 5. The van der Waals surface area contributed by atoms with Crippen molar-refractivity contribution in [2.45, 2.75) is 69.5 Å². The fraction of sp³-hybridized carbons (Fsp3) is 0.560. The van der Waals surface area contributed by atoms with Crippen LogP contribution in [0.4, 0.5) is 11.5 Å². The number of hydrogen-bond acceptors (Lipinski definition) is 10. The second-order valence-corrected chi connectivity index (χ2v) is 14.9. The minimum absolute atomic E-state index is 0.0578. The van der Waals surface area contributed by atoms with Gasteiger partial charge in [0.05, 0.1) is 12.9 Å². The maximum absolute atomic E-state index is 12.1. The Morgan fingerprint density at radius 3 is 2.48 bits per heavy atom. The lowest BCUT2D eigenvalue weighted by atomic mass is 10.0. The van der Waals surface area contributed by atoms with Crippen molar-refractivity contribution in [2.75, 3.05) is 24.0 Å². The Bertz CT molecular complexity index is 1500. The van der Waals surface area contributed by atoms with Gasteiger partial charge in [-0.05, 0) is 42.5 Å². The van der Waals surface area contributed by atoms with Gasteiger partial charge in [-0.1, -0.05) is 43.9 Å². The highest BCUT2D eigenvalue weighted by molar-refractivity contribution is 7.70. The third kappa shape index (κ3) is 7.22. The van der Waals surface area contributed by atoms with E-state index in [-0.39, 0.29) is 10.9 Å². The highest BCUT2D eigenvalue weighted by Gasteiger charge is 2.46. The monoisotopic (exact) mass is 645 g/mol. The second kappa shape index (κ2) is 13.0. The number of aliphatic hydroxyl groups excluding tert-OH is 2. The van der Waals surface area contributed by atoms with Crippen LogP contribution in [0, 0.1) is 0 Å². The molecule has 5 atom stereocenters. The minimum Gasteiger partial charge on any atom is -0.387 e. The molecule has 2 aromatic heterocycles. The highest BCUT2D eigenvalue weighted by atomic mass is 35.5. The van der Waals surface area contributed by atoms with Gasteiger partial charge in [0.25, 0.3) is 0 Å². The Kier molecular flexibility index (Phi) is 9.70. The van der Waals surface area contributed by atoms with E-state index >= 15 is 0 Å². The van der Waals surface area contributed by atoms with Gasteiger partial charge < -0.3 is 39.1 Å². The van der Waals surface area contributed by atoms with E-state index in [1.54, 1.807) is 0 Å². The topological polar surface area (TPSA) is 201 Å². The first-order valence-corrected chi connectivity index (χ1v) is 17.7. The summed E-state index contributed by atoms with van der Waals surface area (Å²) in [5, 5.41) is 21.4. The van der Waals surface area contributed by atoms with Crippen molar-refractivity contribution in [1.82, 2.24) is 19.5 Å². The lowest BCUT2D eigenvalue weighted by Crippen LogP contribution is -2.33. The van der Waals surface area contributed by atoms with Gasteiger partial charge in [-0.3, -0.25) is 13.7 Å². The number of benzene rings is 1. The molecule has 2 aliphatic heterocycles. The molecule has 0 aliphatic carbocycles. The lowest BCUT2D eigenvalue weighted by molar-refractivity contribution is -0.0483. The van der Waals surface area contributed by atoms with E-state index in [0.717, 1.165) is 37.8 Å². The largest absolute Gasteiger partial charge is 0.387 e. The second-order valence-electron chi connectivity index (χ2n) is 10.6. The van der Waals surface area contributed by atoms with Gasteiger partial charge in [-0.2, -0.15) is 9.97 Å². The number of halogens is 1. The van der Waals surface area contributed by atoms with Crippen LogP contribution in [0.1, 0.15) is 50.3 Å². The van der Waals surface area contributed by atoms with Gasteiger partial charge in [-0.15, -0.1) is 0 Å². The fourth-order valence-electron chi connectivity index (χ4n) is 5.43. The molecule has 2 aliphatic rings. The van der Waals surface area contributed by atoms with Crippen LogP contribution in [0.25, 0.3) is 11.2 Å². The zero-order valence-electron chi connectivity index (χ0n) is 22.6. The molecule has 1 fully saturated rings.